The lowest BCUT2D eigenvalue weighted by atomic mass is 10.1. The van der Waals surface area contributed by atoms with Gasteiger partial charge in [-0.05, 0) is 35.7 Å². The molecule has 0 saturated carbocycles. The van der Waals surface area contributed by atoms with Crippen LogP contribution in [0.4, 0.5) is 0 Å². The van der Waals surface area contributed by atoms with E-state index in [0.717, 1.165) is 32.9 Å². The third kappa shape index (κ3) is 1.89. The van der Waals surface area contributed by atoms with Gasteiger partial charge in [-0.2, -0.15) is 0 Å². The zero-order valence-corrected chi connectivity index (χ0v) is 12.1. The van der Waals surface area contributed by atoms with E-state index in [2.05, 4.69) is 21.0 Å². The summed E-state index contributed by atoms with van der Waals surface area (Å²) in [6, 6.07) is 18.1. The van der Waals surface area contributed by atoms with Gasteiger partial charge in [-0.1, -0.05) is 24.3 Å². The minimum absolute atomic E-state index is 0.589. The van der Waals surface area contributed by atoms with E-state index >= 15 is 0 Å². The molecule has 0 radical (unpaired) electrons. The van der Waals surface area contributed by atoms with Crippen LogP contribution in [0.25, 0.3) is 44.4 Å². The van der Waals surface area contributed by atoms with Crippen LogP contribution in [0.15, 0.2) is 71.4 Å². The van der Waals surface area contributed by atoms with Crippen LogP contribution in [-0.2, 0) is 0 Å². The van der Waals surface area contributed by atoms with Crippen LogP contribution in [0.1, 0.15) is 0 Å². The lowest BCUT2D eigenvalue weighted by Crippen LogP contribution is -1.87. The molecule has 0 atom stereocenters. The van der Waals surface area contributed by atoms with Crippen LogP contribution >= 0.6 is 0 Å². The van der Waals surface area contributed by atoms with Crippen molar-refractivity contribution in [3.63, 3.8) is 0 Å². The van der Waals surface area contributed by atoms with Crippen molar-refractivity contribution in [2.45, 2.75) is 0 Å². The summed E-state index contributed by atoms with van der Waals surface area (Å²) >= 11 is 0. The molecule has 4 heteroatoms. The Morgan fingerprint density at radius 3 is 2.52 bits per heavy atom. The van der Waals surface area contributed by atoms with Crippen LogP contribution in [0.2, 0.25) is 0 Å². The molecule has 5 aromatic rings. The normalized spacial score (nSPS) is 11.5. The van der Waals surface area contributed by atoms with Crippen molar-refractivity contribution < 1.29 is 4.42 Å². The second-order valence-corrected chi connectivity index (χ2v) is 5.42. The SMILES string of the molecule is c1ccc2cc(-c3ccc4c(n3)oc3ncccc34)ncc2c1. The Kier molecular flexibility index (Phi) is 2.46. The Balaban J connectivity index is 1.73. The summed E-state index contributed by atoms with van der Waals surface area (Å²) in [5, 5.41) is 4.21. The van der Waals surface area contributed by atoms with Crippen LogP contribution < -0.4 is 0 Å². The second kappa shape index (κ2) is 4.61. The fraction of sp³-hybridized carbons (Fsp3) is 0. The summed E-state index contributed by atoms with van der Waals surface area (Å²) < 4.78 is 5.75. The zero-order chi connectivity index (χ0) is 15.2. The van der Waals surface area contributed by atoms with Crippen molar-refractivity contribution >= 4 is 33.0 Å². The van der Waals surface area contributed by atoms with Gasteiger partial charge in [-0.15, -0.1) is 0 Å². The molecule has 0 aliphatic carbocycles. The van der Waals surface area contributed by atoms with E-state index in [-0.39, 0.29) is 0 Å². The predicted molar refractivity (Wildman–Crippen MR) is 90.0 cm³/mol. The highest BCUT2D eigenvalue weighted by molar-refractivity contribution is 6.02. The molecule has 0 unspecified atom stereocenters. The van der Waals surface area contributed by atoms with E-state index < -0.39 is 0 Å². The number of pyridine rings is 3. The van der Waals surface area contributed by atoms with E-state index in [0.29, 0.717) is 11.4 Å². The quantitative estimate of drug-likeness (QED) is 0.454. The number of rotatable bonds is 1. The fourth-order valence-electron chi connectivity index (χ4n) is 2.86. The molecule has 0 aliphatic rings. The molecule has 23 heavy (non-hydrogen) atoms. The van der Waals surface area contributed by atoms with E-state index in [1.54, 1.807) is 6.20 Å². The predicted octanol–water partition coefficient (Wildman–Crippen LogP) is 4.59. The van der Waals surface area contributed by atoms with Crippen molar-refractivity contribution in [2.24, 2.45) is 0 Å². The van der Waals surface area contributed by atoms with Crippen molar-refractivity contribution in [3.05, 3.63) is 67.0 Å². The number of aromatic nitrogens is 3. The zero-order valence-electron chi connectivity index (χ0n) is 12.1. The summed E-state index contributed by atoms with van der Waals surface area (Å²) in [6.07, 6.45) is 3.59. The number of hydrogen-bond donors (Lipinski definition) is 0. The monoisotopic (exact) mass is 297 g/mol. The maximum Gasteiger partial charge on any atom is 0.230 e. The molecule has 108 valence electrons. The van der Waals surface area contributed by atoms with Gasteiger partial charge in [0.25, 0.3) is 0 Å². The number of benzene rings is 1. The molecule has 0 bridgehead atoms. The maximum atomic E-state index is 5.75. The van der Waals surface area contributed by atoms with Crippen molar-refractivity contribution in [1.82, 2.24) is 15.0 Å². The first-order valence-electron chi connectivity index (χ1n) is 7.38. The number of furan rings is 1. The van der Waals surface area contributed by atoms with Gasteiger partial charge >= 0.3 is 0 Å². The summed E-state index contributed by atoms with van der Waals surface area (Å²) in [7, 11) is 0. The summed E-state index contributed by atoms with van der Waals surface area (Å²) in [5.74, 6) is 0. The van der Waals surface area contributed by atoms with Crippen molar-refractivity contribution in [2.75, 3.05) is 0 Å². The van der Waals surface area contributed by atoms with Gasteiger partial charge in [0.15, 0.2) is 0 Å². The van der Waals surface area contributed by atoms with Crippen LogP contribution in [0, 0.1) is 0 Å². The number of nitrogens with zero attached hydrogens (tertiary/aromatic N) is 3. The summed E-state index contributed by atoms with van der Waals surface area (Å²) in [5.41, 5.74) is 2.83. The Hall–Kier alpha value is -3.27. The average molecular weight is 297 g/mol. The van der Waals surface area contributed by atoms with Crippen molar-refractivity contribution in [3.8, 4) is 11.4 Å². The molecule has 0 fully saturated rings. The third-order valence-electron chi connectivity index (χ3n) is 4.01. The average Bonchev–Trinajstić information content (AvgIpc) is 2.99. The topological polar surface area (TPSA) is 51.8 Å². The number of hydrogen-bond acceptors (Lipinski definition) is 4. The molecular weight excluding hydrogens is 286 g/mol. The summed E-state index contributed by atoms with van der Waals surface area (Å²) in [6.45, 7) is 0. The van der Waals surface area contributed by atoms with E-state index in [1.165, 1.54) is 0 Å². The van der Waals surface area contributed by atoms with Gasteiger partial charge in [-0.25, -0.2) is 9.97 Å². The van der Waals surface area contributed by atoms with Crippen LogP contribution in [0.5, 0.6) is 0 Å². The molecule has 0 spiro atoms. The minimum atomic E-state index is 0.589. The molecule has 0 amide bonds. The molecule has 1 aromatic carbocycles. The van der Waals surface area contributed by atoms with E-state index in [9.17, 15) is 0 Å². The molecule has 4 heterocycles. The van der Waals surface area contributed by atoms with Gasteiger partial charge < -0.3 is 4.42 Å². The van der Waals surface area contributed by atoms with Crippen LogP contribution in [0.3, 0.4) is 0 Å². The molecule has 0 N–H and O–H groups in total. The lowest BCUT2D eigenvalue weighted by molar-refractivity contribution is 0.640. The third-order valence-corrected chi connectivity index (χ3v) is 4.01. The molecule has 0 aliphatic heterocycles. The maximum absolute atomic E-state index is 5.75. The molecular formula is C19H11N3O. The van der Waals surface area contributed by atoms with Gasteiger partial charge in [0.2, 0.25) is 11.4 Å². The highest BCUT2D eigenvalue weighted by atomic mass is 16.3. The Bertz CT molecular complexity index is 1180. The molecule has 4 nitrogen and oxygen atoms in total. The van der Waals surface area contributed by atoms with E-state index in [1.807, 2.05) is 54.7 Å². The van der Waals surface area contributed by atoms with Crippen molar-refractivity contribution in [1.29, 1.82) is 0 Å². The summed E-state index contributed by atoms with van der Waals surface area (Å²) in [4.78, 5) is 13.4. The van der Waals surface area contributed by atoms with Gasteiger partial charge in [0, 0.05) is 28.6 Å². The highest BCUT2D eigenvalue weighted by Crippen LogP contribution is 2.28. The molecule has 4 aromatic heterocycles. The fourth-order valence-corrected chi connectivity index (χ4v) is 2.86. The molecule has 0 saturated heterocycles. The van der Waals surface area contributed by atoms with E-state index in [4.69, 9.17) is 4.42 Å². The minimum Gasteiger partial charge on any atom is -0.419 e. The molecule has 5 rings (SSSR count). The highest BCUT2D eigenvalue weighted by Gasteiger charge is 2.11. The van der Waals surface area contributed by atoms with Gasteiger partial charge in [0.05, 0.1) is 11.4 Å². The van der Waals surface area contributed by atoms with Gasteiger partial charge in [0.1, 0.15) is 0 Å². The Morgan fingerprint density at radius 2 is 1.57 bits per heavy atom. The first-order chi connectivity index (χ1) is 11.4. The largest absolute Gasteiger partial charge is 0.419 e. The van der Waals surface area contributed by atoms with Crippen LogP contribution in [-0.4, -0.2) is 15.0 Å². The Morgan fingerprint density at radius 1 is 0.696 bits per heavy atom. The first kappa shape index (κ1) is 12.3. The first-order valence-corrected chi connectivity index (χ1v) is 7.38. The number of fused-ring (bicyclic) bond motifs is 4. The lowest BCUT2D eigenvalue weighted by Gasteiger charge is -2.02. The van der Waals surface area contributed by atoms with Gasteiger partial charge in [-0.3, -0.25) is 4.98 Å². The standard InChI is InChI=1S/C19H11N3O/c1-2-5-13-11-21-17(10-12(13)4-1)16-8-7-15-14-6-3-9-20-18(14)23-19(15)22-16/h1-11H. The Labute approximate surface area is 131 Å². The smallest absolute Gasteiger partial charge is 0.230 e. The second-order valence-electron chi connectivity index (χ2n) is 5.42.